The molecular weight excluding hydrogens is 344 g/mol. The largest absolute Gasteiger partial charge is 0.497 e. The van der Waals surface area contributed by atoms with Crippen molar-refractivity contribution in [1.29, 1.82) is 0 Å². The van der Waals surface area contributed by atoms with E-state index in [1.807, 2.05) is 12.1 Å². The second-order valence-electron chi connectivity index (χ2n) is 6.40. The fourth-order valence-electron chi connectivity index (χ4n) is 3.18. The van der Waals surface area contributed by atoms with Crippen molar-refractivity contribution in [2.24, 2.45) is 0 Å². The first-order chi connectivity index (χ1) is 13.2. The number of piperazine rings is 1. The van der Waals surface area contributed by atoms with Gasteiger partial charge >= 0.3 is 0 Å². The normalized spacial score (nSPS) is 14.7. The Balaban J connectivity index is 1.45. The molecule has 0 radical (unpaired) electrons. The number of rotatable bonds is 8. The van der Waals surface area contributed by atoms with E-state index in [0.717, 1.165) is 44.8 Å². The molecule has 0 N–H and O–H groups in total. The third kappa shape index (κ3) is 4.92. The smallest absolute Gasteiger partial charge is 0.161 e. The zero-order valence-electron chi connectivity index (χ0n) is 15.9. The fourth-order valence-corrected chi connectivity index (χ4v) is 3.18. The second-order valence-corrected chi connectivity index (χ2v) is 6.40. The van der Waals surface area contributed by atoms with Gasteiger partial charge in [0.25, 0.3) is 0 Å². The zero-order chi connectivity index (χ0) is 19.1. The number of anilines is 1. The minimum Gasteiger partial charge on any atom is -0.497 e. The molecule has 1 aliphatic heterocycles. The van der Waals surface area contributed by atoms with Gasteiger partial charge in [-0.15, -0.1) is 0 Å². The van der Waals surface area contributed by atoms with Crippen molar-refractivity contribution in [3.05, 3.63) is 48.0 Å². The van der Waals surface area contributed by atoms with E-state index in [0.29, 0.717) is 23.7 Å². The predicted molar refractivity (Wildman–Crippen MR) is 106 cm³/mol. The summed E-state index contributed by atoms with van der Waals surface area (Å²) >= 11 is 0. The molecule has 2 aromatic rings. The van der Waals surface area contributed by atoms with Gasteiger partial charge in [0.1, 0.15) is 18.6 Å². The van der Waals surface area contributed by atoms with E-state index >= 15 is 0 Å². The quantitative estimate of drug-likeness (QED) is 0.666. The minimum absolute atomic E-state index is 0.578. The maximum Gasteiger partial charge on any atom is 0.161 e. The lowest BCUT2D eigenvalue weighted by atomic mass is 10.2. The van der Waals surface area contributed by atoms with E-state index in [9.17, 15) is 4.79 Å². The molecular formula is C21H26N2O4. The first-order valence-corrected chi connectivity index (χ1v) is 9.11. The number of ether oxygens (including phenoxy) is 3. The van der Waals surface area contributed by atoms with Crippen LogP contribution in [0, 0.1) is 0 Å². The predicted octanol–water partition coefficient (Wildman–Crippen LogP) is 2.72. The van der Waals surface area contributed by atoms with Crippen molar-refractivity contribution in [2.45, 2.75) is 0 Å². The van der Waals surface area contributed by atoms with Gasteiger partial charge in [0.2, 0.25) is 0 Å². The van der Waals surface area contributed by atoms with E-state index in [2.05, 4.69) is 21.9 Å². The molecule has 0 saturated carbocycles. The highest BCUT2D eigenvalue weighted by Crippen LogP contribution is 2.27. The summed E-state index contributed by atoms with van der Waals surface area (Å²) in [6.45, 7) is 5.41. The molecule has 1 heterocycles. The van der Waals surface area contributed by atoms with E-state index < -0.39 is 0 Å². The monoisotopic (exact) mass is 370 g/mol. The summed E-state index contributed by atoms with van der Waals surface area (Å²) in [5, 5.41) is 0. The Morgan fingerprint density at radius 3 is 2.30 bits per heavy atom. The average molecular weight is 370 g/mol. The molecule has 0 spiro atoms. The Bertz CT molecular complexity index is 740. The highest BCUT2D eigenvalue weighted by Gasteiger charge is 2.17. The van der Waals surface area contributed by atoms with E-state index in [-0.39, 0.29) is 0 Å². The summed E-state index contributed by atoms with van der Waals surface area (Å²) < 4.78 is 16.4. The number of carbonyl (C=O) groups excluding carboxylic acids is 1. The van der Waals surface area contributed by atoms with Crippen LogP contribution in [0.5, 0.6) is 17.2 Å². The van der Waals surface area contributed by atoms with Gasteiger partial charge in [-0.05, 0) is 42.5 Å². The van der Waals surface area contributed by atoms with Crippen molar-refractivity contribution >= 4 is 12.0 Å². The van der Waals surface area contributed by atoms with Gasteiger partial charge < -0.3 is 19.1 Å². The first kappa shape index (κ1) is 19.0. The number of aldehydes is 1. The lowest BCUT2D eigenvalue weighted by Gasteiger charge is -2.36. The number of hydrogen-bond donors (Lipinski definition) is 0. The van der Waals surface area contributed by atoms with Gasteiger partial charge in [-0.2, -0.15) is 0 Å². The Morgan fingerprint density at radius 2 is 1.67 bits per heavy atom. The molecule has 27 heavy (non-hydrogen) atoms. The number of carbonyl (C=O) groups is 1. The number of nitrogens with zero attached hydrogens (tertiary/aromatic N) is 2. The van der Waals surface area contributed by atoms with Crippen molar-refractivity contribution < 1.29 is 19.0 Å². The van der Waals surface area contributed by atoms with Gasteiger partial charge in [0.05, 0.1) is 14.2 Å². The van der Waals surface area contributed by atoms with Crippen LogP contribution < -0.4 is 19.1 Å². The molecule has 6 heteroatoms. The lowest BCUT2D eigenvalue weighted by molar-refractivity contribution is 0.112. The summed E-state index contributed by atoms with van der Waals surface area (Å²) in [6, 6.07) is 13.4. The zero-order valence-corrected chi connectivity index (χ0v) is 15.9. The van der Waals surface area contributed by atoms with Crippen molar-refractivity contribution in [3.8, 4) is 17.2 Å². The van der Waals surface area contributed by atoms with Crippen molar-refractivity contribution in [1.82, 2.24) is 4.90 Å². The summed E-state index contributed by atoms with van der Waals surface area (Å²) in [5.41, 5.74) is 1.81. The van der Waals surface area contributed by atoms with Crippen LogP contribution in [0.3, 0.4) is 0 Å². The Hall–Kier alpha value is -2.73. The average Bonchev–Trinajstić information content (AvgIpc) is 2.74. The van der Waals surface area contributed by atoms with Crippen LogP contribution in [-0.2, 0) is 0 Å². The van der Waals surface area contributed by atoms with Crippen LogP contribution >= 0.6 is 0 Å². The molecule has 1 aliphatic rings. The molecule has 0 atom stereocenters. The Labute approximate surface area is 160 Å². The van der Waals surface area contributed by atoms with Crippen molar-refractivity contribution in [2.75, 3.05) is 58.5 Å². The summed E-state index contributed by atoms with van der Waals surface area (Å²) in [4.78, 5) is 15.6. The van der Waals surface area contributed by atoms with Crippen LogP contribution in [0.4, 0.5) is 5.69 Å². The van der Waals surface area contributed by atoms with Crippen LogP contribution in [0.25, 0.3) is 0 Å². The lowest BCUT2D eigenvalue weighted by Crippen LogP contribution is -2.47. The molecule has 6 nitrogen and oxygen atoms in total. The number of benzene rings is 2. The fraction of sp³-hybridized carbons (Fsp3) is 0.381. The molecule has 144 valence electrons. The molecule has 1 saturated heterocycles. The molecule has 0 aromatic heterocycles. The molecule has 1 fully saturated rings. The summed E-state index contributed by atoms with van der Waals surface area (Å²) in [5.74, 6) is 2.13. The maximum atomic E-state index is 10.9. The van der Waals surface area contributed by atoms with Gasteiger partial charge in [0.15, 0.2) is 11.5 Å². The molecule has 0 aliphatic carbocycles. The van der Waals surface area contributed by atoms with Crippen LogP contribution in [0.1, 0.15) is 10.4 Å². The van der Waals surface area contributed by atoms with Gasteiger partial charge in [-0.25, -0.2) is 0 Å². The minimum atomic E-state index is 0.578. The number of methoxy groups -OCH3 is 2. The van der Waals surface area contributed by atoms with Crippen LogP contribution in [-0.4, -0.2) is 64.7 Å². The van der Waals surface area contributed by atoms with Gasteiger partial charge in [0, 0.05) is 44.0 Å². The molecule has 0 bridgehead atoms. The second kappa shape index (κ2) is 9.28. The molecule has 2 aromatic carbocycles. The van der Waals surface area contributed by atoms with Gasteiger partial charge in [-0.3, -0.25) is 9.69 Å². The highest BCUT2D eigenvalue weighted by molar-refractivity contribution is 5.76. The molecule has 3 rings (SSSR count). The third-order valence-corrected chi connectivity index (χ3v) is 4.80. The van der Waals surface area contributed by atoms with E-state index in [4.69, 9.17) is 14.2 Å². The standard InChI is InChI=1S/C21H26N2O4/c1-25-19-6-4-18(5-7-19)23-11-9-22(10-12-23)13-14-27-20-8-3-17(16-24)15-21(20)26-2/h3-8,15-16H,9-14H2,1-2H3. The van der Waals surface area contributed by atoms with Crippen molar-refractivity contribution in [3.63, 3.8) is 0 Å². The first-order valence-electron chi connectivity index (χ1n) is 9.11. The molecule has 0 amide bonds. The highest BCUT2D eigenvalue weighted by atomic mass is 16.5. The summed E-state index contributed by atoms with van der Waals surface area (Å²) in [7, 11) is 3.26. The van der Waals surface area contributed by atoms with E-state index in [1.165, 1.54) is 5.69 Å². The Morgan fingerprint density at radius 1 is 0.926 bits per heavy atom. The topological polar surface area (TPSA) is 51.2 Å². The summed E-state index contributed by atoms with van der Waals surface area (Å²) in [6.07, 6.45) is 0.800. The Kier molecular flexibility index (Phi) is 6.54. The maximum absolute atomic E-state index is 10.9. The molecule has 0 unspecified atom stereocenters. The van der Waals surface area contributed by atoms with Crippen LogP contribution in [0.15, 0.2) is 42.5 Å². The third-order valence-electron chi connectivity index (χ3n) is 4.80. The number of hydrogen-bond acceptors (Lipinski definition) is 6. The van der Waals surface area contributed by atoms with Crippen LogP contribution in [0.2, 0.25) is 0 Å². The van der Waals surface area contributed by atoms with E-state index in [1.54, 1.807) is 32.4 Å². The van der Waals surface area contributed by atoms with Gasteiger partial charge in [-0.1, -0.05) is 0 Å². The SMILES string of the molecule is COc1ccc(N2CCN(CCOc3ccc(C=O)cc3OC)CC2)cc1.